The van der Waals surface area contributed by atoms with Crippen LogP contribution in [-0.4, -0.2) is 246 Å². The first-order chi connectivity index (χ1) is 66.5. The summed E-state index contributed by atoms with van der Waals surface area (Å²) in [5, 5.41) is 57.3. The van der Waals surface area contributed by atoms with E-state index in [-0.39, 0.29) is 74.6 Å². The average molecular weight is 2220 g/mol. The molecule has 0 radical (unpaired) electrons. The van der Waals surface area contributed by atoms with Gasteiger partial charge in [0.2, 0.25) is 30.1 Å². The molecule has 141 heavy (non-hydrogen) atoms. The van der Waals surface area contributed by atoms with E-state index in [2.05, 4.69) is 152 Å². The van der Waals surface area contributed by atoms with E-state index in [4.69, 9.17) is 98.4 Å². The van der Waals surface area contributed by atoms with Gasteiger partial charge in [0.05, 0.1) is 108 Å². The van der Waals surface area contributed by atoms with Crippen LogP contribution in [0, 0.1) is 34.0 Å². The number of hydrogen-bond donors (Lipinski definition) is 4. The van der Waals surface area contributed by atoms with Gasteiger partial charge < -0.3 is 47.2 Å². The van der Waals surface area contributed by atoms with Gasteiger partial charge in [0.25, 0.3) is 0 Å². The molecule has 0 amide bonds. The molecule has 4 fully saturated rings. The number of nitrogens with one attached hydrogen (secondary N) is 4. The number of aromatic amines is 4. The van der Waals surface area contributed by atoms with Crippen LogP contribution in [-0.2, 0) is 84.9 Å². The van der Waals surface area contributed by atoms with Crippen molar-refractivity contribution in [2.24, 2.45) is 0 Å². The number of nitriles is 3. The highest BCUT2D eigenvalue weighted by molar-refractivity contribution is 9.10. The Labute approximate surface area is 863 Å². The van der Waals surface area contributed by atoms with E-state index in [1.54, 1.807) is 98.3 Å². The Morgan fingerprint density at radius 3 is 1.28 bits per heavy atom. The Morgan fingerprint density at radius 1 is 0.482 bits per heavy atom. The zero-order valence-corrected chi connectivity index (χ0v) is 93.0. The van der Waals surface area contributed by atoms with Gasteiger partial charge >= 0.3 is 7.12 Å². The van der Waals surface area contributed by atoms with E-state index in [1.165, 1.54) is 31.2 Å². The lowest BCUT2D eigenvalue weighted by Crippen LogP contribution is -2.64. The van der Waals surface area contributed by atoms with Crippen LogP contribution in [0.5, 0.6) is 0 Å². The lowest BCUT2D eigenvalue weighted by atomic mass is 9.82. The first-order valence-electron chi connectivity index (χ1n) is 45.4. The van der Waals surface area contributed by atoms with Crippen LogP contribution >= 0.6 is 85.5 Å². The summed E-state index contributed by atoms with van der Waals surface area (Å²) in [6.45, 7) is 39.5. The van der Waals surface area contributed by atoms with Gasteiger partial charge in [-0.15, -0.1) is 0 Å². The zero-order chi connectivity index (χ0) is 103. The number of aromatic nitrogens is 18. The first kappa shape index (κ1) is 111. The lowest BCUT2D eigenvalue weighted by Gasteiger charge is -2.47. The quantitative estimate of drug-likeness (QED) is 0.0192. The standard InChI is InChI=1S/C23H31ClN6O3SSi.C17H17ClN6O2S.C16H21ClN4OSi.C13H18BrClN2OSi.C9H15BN2O2.C7H4Cl2N2.C7H10N2O2S/c1-5-34(31,32)29-15-23(16-29,7-8-25)30-14-18(12-27-30)21-19-6-9-28(22(19)26-13-20(21)24)17-33-10-11-35(2,3)4;1-2-27(25,26)23-10-17(11-23,4-5-19)24-9-12(7-22-24)15-13-3-6-20-16(13)21-8-14(15)18;1-23(2,3)7-6-22-11-21-5-4-13-15(12-8-19-20-9-12)14(17)10-18-16(13)21;1-19(2,3)7-6-18-9-17-5-4-10-12(14)11(15)8-16-13(10)17;1-8(2)9(3,4)14-10(13-8)7-5-11-12-6-7;8-5-3-11-7-4(6(5)9)1-2-10-7;1-2-12(10,11)9-5-7(6-9)3-4-8/h6,9,12-14H,5,7,10-11,15-17H2,1-4H3;3,6-9H,2,4,10-11H2,1H3,(H,20,21);4-5,8-10H,6-7,11H2,1-3H3,(H,19,20);4-5,8H,6-7,9H2,1-3H3;5-6H,1-4H3,(H,11,12);1-3H,(H,10,11);3H,2,5-6H2,1H3. The first-order valence-corrected chi connectivity index (χ1v) is 64.4. The normalized spacial score (nSPS) is 15.7. The molecule has 0 aliphatic carbocycles. The van der Waals surface area contributed by atoms with Crippen molar-refractivity contribution in [3.63, 3.8) is 0 Å². The van der Waals surface area contributed by atoms with Crippen LogP contribution < -0.4 is 5.46 Å². The predicted octanol–water partition coefficient (Wildman–Crippen LogP) is 19.3. The largest absolute Gasteiger partial charge is 0.498 e. The second-order valence-electron chi connectivity index (χ2n) is 38.9. The number of sulfonamides is 3. The van der Waals surface area contributed by atoms with Gasteiger partial charge in [-0.25, -0.2) is 50.2 Å². The number of halogens is 7. The Kier molecular flexibility index (Phi) is 36.6. The van der Waals surface area contributed by atoms with Gasteiger partial charge in [0.15, 0.2) is 0 Å². The van der Waals surface area contributed by atoms with Gasteiger partial charge in [0.1, 0.15) is 59.5 Å². The van der Waals surface area contributed by atoms with E-state index in [0.717, 1.165) is 129 Å². The average Bonchev–Trinajstić information content (AvgIpc) is 1.75. The molecular weight excluding hydrogens is 2100 g/mol. The van der Waals surface area contributed by atoms with E-state index in [1.807, 2.05) is 115 Å². The molecule has 35 nitrogen and oxygen atoms in total. The maximum Gasteiger partial charge on any atom is 0.498 e. The van der Waals surface area contributed by atoms with Crippen LogP contribution in [0.2, 0.25) is 107 Å². The molecule has 752 valence electrons. The van der Waals surface area contributed by atoms with E-state index in [9.17, 15) is 35.8 Å². The Bertz CT molecular complexity index is 7210. The van der Waals surface area contributed by atoms with Crippen molar-refractivity contribution in [1.82, 2.24) is 101 Å². The van der Waals surface area contributed by atoms with E-state index in [0.29, 0.717) is 70.0 Å². The number of ether oxygens (including phenoxy) is 3. The van der Waals surface area contributed by atoms with Crippen molar-refractivity contribution < 1.29 is 48.8 Å². The fourth-order valence-corrected chi connectivity index (χ4v) is 22.7. The van der Waals surface area contributed by atoms with Gasteiger partial charge in [-0.1, -0.05) is 129 Å². The highest BCUT2D eigenvalue weighted by Gasteiger charge is 2.53. The van der Waals surface area contributed by atoms with Gasteiger partial charge in [0, 0.05) is 253 Å². The van der Waals surface area contributed by atoms with Crippen LogP contribution in [0.1, 0.15) is 61.3 Å². The monoisotopic (exact) mass is 2210 g/mol. The molecule has 4 aliphatic rings. The van der Waals surface area contributed by atoms with Crippen molar-refractivity contribution >= 4 is 208 Å². The van der Waals surface area contributed by atoms with Crippen molar-refractivity contribution in [3.05, 3.63) is 188 Å². The number of rotatable bonds is 29. The summed E-state index contributed by atoms with van der Waals surface area (Å²) >= 11 is 40.4. The molecule has 0 unspecified atom stereocenters. The van der Waals surface area contributed by atoms with Crippen molar-refractivity contribution in [2.75, 3.05) is 76.3 Å². The molecule has 0 saturated carbocycles. The van der Waals surface area contributed by atoms with Crippen LogP contribution in [0.3, 0.4) is 0 Å². The Hall–Kier alpha value is -9.03. The minimum atomic E-state index is -3.31. The van der Waals surface area contributed by atoms with E-state index >= 15 is 0 Å². The summed E-state index contributed by atoms with van der Waals surface area (Å²) in [5.74, 6) is 0.203. The van der Waals surface area contributed by atoms with Crippen molar-refractivity contribution in [2.45, 2.75) is 181 Å². The topological polar surface area (TPSA) is 433 Å². The number of H-pyrrole nitrogens is 4. The second-order valence-corrected chi connectivity index (χ2v) is 65.7. The predicted molar refractivity (Wildman–Crippen MR) is 569 cm³/mol. The van der Waals surface area contributed by atoms with Gasteiger partial charge in [-0.3, -0.25) is 19.6 Å². The summed E-state index contributed by atoms with van der Waals surface area (Å²) in [7, 11) is -13.2. The van der Waals surface area contributed by atoms with Crippen molar-refractivity contribution in [1.29, 1.82) is 15.8 Å². The van der Waals surface area contributed by atoms with Crippen LogP contribution in [0.15, 0.2) is 158 Å². The minimum absolute atomic E-state index is 0.0312. The third kappa shape index (κ3) is 27.0. The van der Waals surface area contributed by atoms with Gasteiger partial charge in [-0.2, -0.15) is 49.1 Å². The van der Waals surface area contributed by atoms with Crippen LogP contribution in [0.4, 0.5) is 0 Å². The SMILES string of the molecule is CC1(C)OB(c2cn[nH]c2)OC1(C)C.CCS(=O)(=O)N1CC(=CC#N)C1.CCS(=O)(=O)N1CC(CC#N)(n2cc(-c3c(Cl)cnc4[nH]ccc34)cn2)C1.CCS(=O)(=O)N1CC(CC#N)(n2cc(-c3c(Cl)cnc4c3ccn4COCC[Si](C)(C)C)cn2)C1.C[Si](C)(C)CCOCn1ccc2c(-c3cn[nH]c3)c(Cl)cnc21.C[Si](C)(C)CCOCn1ccc2c(Br)c(Cl)cnc21.Clc1cnc2[nH]ccc2c1Cl. The fraction of sp³-hybridized carbons (Fsp3) is 0.435. The second kappa shape index (κ2) is 46.6. The Balaban J connectivity index is 0.000000152. The van der Waals surface area contributed by atoms with Crippen molar-refractivity contribution in [3.8, 4) is 51.6 Å². The molecule has 0 bridgehead atoms. The third-order valence-corrected chi connectivity index (χ3v) is 37.9. The third-order valence-electron chi connectivity index (χ3n) is 24.4. The smallest absolute Gasteiger partial charge is 0.399 e. The summed E-state index contributed by atoms with van der Waals surface area (Å²) in [6, 6.07) is 19.4. The molecule has 14 aromatic heterocycles. The molecule has 18 rings (SSSR count). The summed E-state index contributed by atoms with van der Waals surface area (Å²) in [4.78, 5) is 27.6. The number of pyridine rings is 5. The molecule has 14 aromatic rings. The molecule has 4 N–H and O–H groups in total. The lowest BCUT2D eigenvalue weighted by molar-refractivity contribution is 0.00578. The summed E-state index contributed by atoms with van der Waals surface area (Å²) < 4.78 is 115. The minimum Gasteiger partial charge on any atom is -0.399 e. The number of nitrogens with zero attached hydrogens (tertiary/aromatic N) is 20. The molecule has 4 aliphatic heterocycles. The highest BCUT2D eigenvalue weighted by atomic mass is 79.9. The van der Waals surface area contributed by atoms with Crippen LogP contribution in [0.25, 0.3) is 88.5 Å². The number of hydrogen-bond acceptors (Lipinski definition) is 23. The summed E-state index contributed by atoms with van der Waals surface area (Å²) in [6.07, 6.45) is 33.5. The highest BCUT2D eigenvalue weighted by Crippen LogP contribution is 2.44. The van der Waals surface area contributed by atoms with Gasteiger partial charge in [-0.05, 0) is 118 Å². The molecule has 4 saturated heterocycles. The molecule has 49 heteroatoms. The maximum atomic E-state index is 12.2. The van der Waals surface area contributed by atoms with E-state index < -0.39 is 65.4 Å². The molecule has 0 spiro atoms. The molecule has 18 heterocycles. The molecular formula is C92H116BBrCl6N24O11S3Si3. The number of fused-ring (bicyclic) bond motifs is 5. The summed E-state index contributed by atoms with van der Waals surface area (Å²) in [5.41, 5.74) is 9.01. The Morgan fingerprint density at radius 2 is 0.865 bits per heavy atom. The zero-order valence-electron chi connectivity index (χ0n) is 81.4. The molecule has 0 atom stereocenters. The number of allylic oxidation sites excluding steroid dienone is 1. The maximum absolute atomic E-state index is 12.2. The molecule has 0 aromatic carbocycles. The fourth-order valence-electron chi connectivity index (χ4n) is 15.2.